The van der Waals surface area contributed by atoms with Gasteiger partial charge in [0.2, 0.25) is 5.89 Å². The van der Waals surface area contributed by atoms with Gasteiger partial charge < -0.3 is 15.1 Å². The van der Waals surface area contributed by atoms with E-state index >= 15 is 0 Å². The minimum Gasteiger partial charge on any atom is -0.444 e. The van der Waals surface area contributed by atoms with Crippen LogP contribution in [0.3, 0.4) is 0 Å². The molecule has 1 unspecified atom stereocenters. The van der Waals surface area contributed by atoms with E-state index in [2.05, 4.69) is 20.6 Å². The Balaban J connectivity index is 0.00000320. The molecule has 1 aliphatic rings. The second kappa shape index (κ2) is 10.9. The first-order valence-electron chi connectivity index (χ1n) is 9.29. The average molecular weight is 541 g/mol. The third kappa shape index (κ3) is 7.42. The SMILES string of the molecule is CN=C(NCCc1coc(-c2ccc(F)cc2)n1)NC1CCN(CC(F)(F)F)C1.I. The van der Waals surface area contributed by atoms with E-state index in [1.54, 1.807) is 25.4 Å². The number of likely N-dealkylation sites (tertiary alicyclic amines) is 1. The van der Waals surface area contributed by atoms with E-state index in [9.17, 15) is 17.6 Å². The van der Waals surface area contributed by atoms with Crippen LogP contribution in [0.5, 0.6) is 0 Å². The molecule has 1 atom stereocenters. The molecule has 1 aliphatic heterocycles. The highest BCUT2D eigenvalue weighted by Crippen LogP contribution is 2.20. The van der Waals surface area contributed by atoms with Crippen molar-refractivity contribution in [3.63, 3.8) is 0 Å². The number of rotatable bonds is 6. The van der Waals surface area contributed by atoms with E-state index in [1.807, 2.05) is 0 Å². The third-order valence-electron chi connectivity index (χ3n) is 4.56. The summed E-state index contributed by atoms with van der Waals surface area (Å²) in [6, 6.07) is 5.79. The number of aromatic nitrogens is 1. The summed E-state index contributed by atoms with van der Waals surface area (Å²) in [7, 11) is 1.61. The van der Waals surface area contributed by atoms with E-state index in [1.165, 1.54) is 17.0 Å². The summed E-state index contributed by atoms with van der Waals surface area (Å²) in [5, 5.41) is 6.29. The molecule has 6 nitrogen and oxygen atoms in total. The molecule has 0 bridgehead atoms. The molecule has 0 saturated carbocycles. The number of hydrogen-bond donors (Lipinski definition) is 2. The lowest BCUT2D eigenvalue weighted by Crippen LogP contribution is -2.45. The van der Waals surface area contributed by atoms with Crippen LogP contribution in [-0.4, -0.2) is 61.3 Å². The maximum atomic E-state index is 13.0. The normalized spacial score (nSPS) is 17.6. The van der Waals surface area contributed by atoms with Crippen molar-refractivity contribution in [1.82, 2.24) is 20.5 Å². The lowest BCUT2D eigenvalue weighted by Gasteiger charge is -2.19. The van der Waals surface area contributed by atoms with Gasteiger partial charge in [0.05, 0.1) is 12.2 Å². The first-order chi connectivity index (χ1) is 13.8. The molecular weight excluding hydrogens is 517 g/mol. The molecule has 2 N–H and O–H groups in total. The summed E-state index contributed by atoms with van der Waals surface area (Å²) in [5.74, 6) is 0.622. The van der Waals surface area contributed by atoms with Gasteiger partial charge in [-0.2, -0.15) is 13.2 Å². The molecule has 30 heavy (non-hydrogen) atoms. The fraction of sp³-hybridized carbons (Fsp3) is 0.474. The van der Waals surface area contributed by atoms with Crippen LogP contribution < -0.4 is 10.6 Å². The third-order valence-corrected chi connectivity index (χ3v) is 4.56. The van der Waals surface area contributed by atoms with E-state index in [0.717, 1.165) is 5.69 Å². The number of nitrogens with zero attached hydrogens (tertiary/aromatic N) is 3. The predicted octanol–water partition coefficient (Wildman–Crippen LogP) is 3.44. The Kier molecular flexibility index (Phi) is 8.89. The Morgan fingerprint density at radius 3 is 2.70 bits per heavy atom. The van der Waals surface area contributed by atoms with Crippen molar-refractivity contribution in [3.05, 3.63) is 42.0 Å². The lowest BCUT2D eigenvalue weighted by molar-refractivity contribution is -0.143. The second-order valence-electron chi connectivity index (χ2n) is 6.88. The number of hydrogen-bond acceptors (Lipinski definition) is 4. The van der Waals surface area contributed by atoms with Crippen LogP contribution in [0.1, 0.15) is 12.1 Å². The number of halogens is 5. The van der Waals surface area contributed by atoms with Gasteiger partial charge in [-0.15, -0.1) is 24.0 Å². The van der Waals surface area contributed by atoms with Gasteiger partial charge in [0.1, 0.15) is 12.1 Å². The van der Waals surface area contributed by atoms with Crippen molar-refractivity contribution < 1.29 is 22.0 Å². The lowest BCUT2D eigenvalue weighted by atomic mass is 10.2. The van der Waals surface area contributed by atoms with Crippen molar-refractivity contribution in [2.24, 2.45) is 4.99 Å². The van der Waals surface area contributed by atoms with Gasteiger partial charge in [0, 0.05) is 44.7 Å². The first-order valence-corrected chi connectivity index (χ1v) is 9.29. The van der Waals surface area contributed by atoms with Crippen molar-refractivity contribution in [3.8, 4) is 11.5 Å². The van der Waals surface area contributed by atoms with E-state index in [4.69, 9.17) is 4.42 Å². The van der Waals surface area contributed by atoms with Crippen LogP contribution in [0.4, 0.5) is 17.6 Å². The molecule has 0 radical (unpaired) electrons. The van der Waals surface area contributed by atoms with E-state index in [-0.39, 0.29) is 35.8 Å². The number of guanidine groups is 1. The molecule has 11 heteroatoms. The number of aliphatic imine (C=N–C) groups is 1. The fourth-order valence-electron chi connectivity index (χ4n) is 3.19. The molecule has 2 aromatic rings. The van der Waals surface area contributed by atoms with Gasteiger partial charge in [-0.1, -0.05) is 0 Å². The predicted molar refractivity (Wildman–Crippen MR) is 116 cm³/mol. The number of oxazole rings is 1. The number of alkyl halides is 3. The highest BCUT2D eigenvalue weighted by Gasteiger charge is 2.34. The Morgan fingerprint density at radius 2 is 2.03 bits per heavy atom. The molecule has 1 aromatic carbocycles. The molecule has 166 valence electrons. The molecule has 1 aromatic heterocycles. The Morgan fingerprint density at radius 1 is 1.30 bits per heavy atom. The van der Waals surface area contributed by atoms with Gasteiger partial charge >= 0.3 is 6.18 Å². The van der Waals surface area contributed by atoms with Gasteiger partial charge in [-0.25, -0.2) is 9.37 Å². The summed E-state index contributed by atoms with van der Waals surface area (Å²) in [4.78, 5) is 9.88. The molecule has 0 aliphatic carbocycles. The van der Waals surface area contributed by atoms with E-state index < -0.39 is 12.7 Å². The summed E-state index contributed by atoms with van der Waals surface area (Å²) in [6.45, 7) is 0.359. The Bertz CT molecular complexity index is 825. The van der Waals surface area contributed by atoms with Crippen molar-refractivity contribution >= 4 is 29.9 Å². The average Bonchev–Trinajstić information content (AvgIpc) is 3.30. The minimum atomic E-state index is -4.18. The molecule has 1 fully saturated rings. The van der Waals surface area contributed by atoms with Gasteiger partial charge in [0.25, 0.3) is 0 Å². The van der Waals surface area contributed by atoms with Gasteiger partial charge in [-0.3, -0.25) is 9.89 Å². The molecule has 3 rings (SSSR count). The monoisotopic (exact) mass is 541 g/mol. The zero-order valence-corrected chi connectivity index (χ0v) is 18.7. The zero-order valence-electron chi connectivity index (χ0n) is 16.4. The van der Waals surface area contributed by atoms with Crippen molar-refractivity contribution in [2.75, 3.05) is 33.2 Å². The van der Waals surface area contributed by atoms with Gasteiger partial charge in [-0.05, 0) is 30.7 Å². The summed E-state index contributed by atoms with van der Waals surface area (Å²) >= 11 is 0. The zero-order chi connectivity index (χ0) is 20.9. The largest absolute Gasteiger partial charge is 0.444 e. The summed E-state index contributed by atoms with van der Waals surface area (Å²) < 4.78 is 55.9. The Labute approximate surface area is 189 Å². The van der Waals surface area contributed by atoms with Gasteiger partial charge in [0.15, 0.2) is 5.96 Å². The highest BCUT2D eigenvalue weighted by atomic mass is 127. The minimum absolute atomic E-state index is 0. The molecular formula is C19H24F4IN5O. The topological polar surface area (TPSA) is 65.7 Å². The maximum absolute atomic E-state index is 13.0. The highest BCUT2D eigenvalue weighted by molar-refractivity contribution is 14.0. The van der Waals surface area contributed by atoms with Crippen LogP contribution in [-0.2, 0) is 6.42 Å². The van der Waals surface area contributed by atoms with Crippen molar-refractivity contribution in [2.45, 2.75) is 25.1 Å². The maximum Gasteiger partial charge on any atom is 0.401 e. The smallest absolute Gasteiger partial charge is 0.401 e. The second-order valence-corrected chi connectivity index (χ2v) is 6.88. The van der Waals surface area contributed by atoms with Crippen molar-refractivity contribution in [1.29, 1.82) is 0 Å². The summed E-state index contributed by atoms with van der Waals surface area (Å²) in [5.41, 5.74) is 1.41. The Hall–Kier alpha value is -1.89. The van der Waals surface area contributed by atoms with Crippen LogP contribution >= 0.6 is 24.0 Å². The molecule has 1 saturated heterocycles. The molecule has 0 spiro atoms. The fourth-order valence-corrected chi connectivity index (χ4v) is 3.19. The number of nitrogens with one attached hydrogen (secondary N) is 2. The van der Waals surface area contributed by atoms with Crippen LogP contribution in [0.2, 0.25) is 0 Å². The quantitative estimate of drug-likeness (QED) is 0.254. The van der Waals surface area contributed by atoms with E-state index in [0.29, 0.717) is 49.9 Å². The molecule has 2 heterocycles. The standard InChI is InChI=1S/C19H23F4N5O.HI/c1-24-18(27-15-7-9-28(10-15)12-19(21,22)23)25-8-6-16-11-29-17(26-16)13-2-4-14(20)5-3-13;/h2-5,11,15H,6-10,12H2,1H3,(H2,24,25,27);1H. The van der Waals surface area contributed by atoms with Crippen LogP contribution in [0, 0.1) is 5.82 Å². The van der Waals surface area contributed by atoms with Crippen LogP contribution in [0.25, 0.3) is 11.5 Å². The number of benzene rings is 1. The summed E-state index contributed by atoms with van der Waals surface area (Å²) in [6.07, 6.45) is -1.45. The first kappa shape index (κ1) is 24.4. The molecule has 0 amide bonds. The van der Waals surface area contributed by atoms with Crippen LogP contribution in [0.15, 0.2) is 39.9 Å².